The standard InChI is InChI=1S/C37H26N2/c1-25-31(13-7-23-39-25)27-16-20-29(21-17-27)37-34-11-4-2-9-32(34)36(33-10-3-5-12-35(33)37)28-18-14-26(15-19-28)30-8-6-22-38-24-30/h2-24H,1H3. The summed E-state index contributed by atoms with van der Waals surface area (Å²) in [6, 6.07) is 43.6. The topological polar surface area (TPSA) is 25.8 Å². The SMILES string of the molecule is Cc1ncccc1-c1ccc(-c2c3ccccc3c(-c3ccc(-c4cccnc4)cc3)c3ccccc23)cc1. The maximum atomic E-state index is 4.48. The van der Waals surface area contributed by atoms with Crippen molar-refractivity contribution < 1.29 is 0 Å². The van der Waals surface area contributed by atoms with Gasteiger partial charge in [-0.2, -0.15) is 0 Å². The number of aromatic nitrogens is 2. The normalized spacial score (nSPS) is 11.2. The second kappa shape index (κ2) is 9.66. The van der Waals surface area contributed by atoms with Crippen LogP contribution in [0.25, 0.3) is 66.1 Å². The number of pyridine rings is 2. The molecule has 5 aromatic carbocycles. The predicted molar refractivity (Wildman–Crippen MR) is 164 cm³/mol. The van der Waals surface area contributed by atoms with Crippen molar-refractivity contribution in [3.63, 3.8) is 0 Å². The van der Waals surface area contributed by atoms with Crippen LogP contribution in [0.2, 0.25) is 0 Å². The van der Waals surface area contributed by atoms with Crippen molar-refractivity contribution >= 4 is 21.5 Å². The van der Waals surface area contributed by atoms with E-state index in [1.807, 2.05) is 30.7 Å². The molecule has 2 heterocycles. The number of hydrogen-bond donors (Lipinski definition) is 0. The van der Waals surface area contributed by atoms with Gasteiger partial charge in [0.25, 0.3) is 0 Å². The monoisotopic (exact) mass is 498 g/mol. The Balaban J connectivity index is 1.42. The molecule has 0 spiro atoms. The van der Waals surface area contributed by atoms with E-state index in [1.165, 1.54) is 60.5 Å². The number of hydrogen-bond acceptors (Lipinski definition) is 2. The molecular weight excluding hydrogens is 472 g/mol. The molecule has 0 aliphatic heterocycles. The second-order valence-corrected chi connectivity index (χ2v) is 9.87. The average Bonchev–Trinajstić information content (AvgIpc) is 3.01. The second-order valence-electron chi connectivity index (χ2n) is 9.87. The third-order valence-corrected chi connectivity index (χ3v) is 7.59. The number of fused-ring (bicyclic) bond motifs is 2. The molecule has 0 aliphatic rings. The van der Waals surface area contributed by atoms with Crippen LogP contribution in [0.4, 0.5) is 0 Å². The van der Waals surface area contributed by atoms with Gasteiger partial charge in [0.05, 0.1) is 0 Å². The van der Waals surface area contributed by atoms with Gasteiger partial charge in [-0.25, -0.2) is 0 Å². The maximum Gasteiger partial charge on any atom is 0.0450 e. The fourth-order valence-electron chi connectivity index (χ4n) is 5.72. The van der Waals surface area contributed by atoms with Crippen LogP contribution in [0.1, 0.15) is 5.69 Å². The molecule has 0 unspecified atom stereocenters. The summed E-state index contributed by atoms with van der Waals surface area (Å²) in [7, 11) is 0. The van der Waals surface area contributed by atoms with E-state index in [0.717, 1.165) is 11.3 Å². The molecule has 2 aromatic heterocycles. The molecule has 0 saturated heterocycles. The largest absolute Gasteiger partial charge is 0.264 e. The highest BCUT2D eigenvalue weighted by Gasteiger charge is 2.16. The summed E-state index contributed by atoms with van der Waals surface area (Å²) in [5.74, 6) is 0. The zero-order valence-electron chi connectivity index (χ0n) is 21.7. The third-order valence-electron chi connectivity index (χ3n) is 7.59. The van der Waals surface area contributed by atoms with E-state index in [2.05, 4.69) is 126 Å². The van der Waals surface area contributed by atoms with Crippen molar-refractivity contribution in [1.82, 2.24) is 9.97 Å². The Morgan fingerprint density at radius 1 is 0.410 bits per heavy atom. The highest BCUT2D eigenvalue weighted by atomic mass is 14.7. The Kier molecular flexibility index (Phi) is 5.71. The van der Waals surface area contributed by atoms with Crippen molar-refractivity contribution in [1.29, 1.82) is 0 Å². The Hall–Kier alpha value is -5.08. The van der Waals surface area contributed by atoms with Gasteiger partial charge >= 0.3 is 0 Å². The first-order valence-corrected chi connectivity index (χ1v) is 13.2. The molecule has 184 valence electrons. The first-order valence-electron chi connectivity index (χ1n) is 13.2. The predicted octanol–water partition coefficient (Wildman–Crippen LogP) is 9.76. The summed E-state index contributed by atoms with van der Waals surface area (Å²) in [6.07, 6.45) is 5.57. The fraction of sp³-hybridized carbons (Fsp3) is 0.0270. The quantitative estimate of drug-likeness (QED) is 0.226. The molecule has 0 atom stereocenters. The minimum atomic E-state index is 1.04. The lowest BCUT2D eigenvalue weighted by molar-refractivity contribution is 1.20. The molecule has 0 fully saturated rings. The van der Waals surface area contributed by atoms with Crippen molar-refractivity contribution in [2.24, 2.45) is 0 Å². The average molecular weight is 499 g/mol. The molecule has 0 aliphatic carbocycles. The van der Waals surface area contributed by atoms with E-state index in [1.54, 1.807) is 0 Å². The fourth-order valence-corrected chi connectivity index (χ4v) is 5.72. The zero-order chi connectivity index (χ0) is 26.2. The van der Waals surface area contributed by atoms with Crippen molar-refractivity contribution in [2.45, 2.75) is 6.92 Å². The Labute approximate surface area is 228 Å². The van der Waals surface area contributed by atoms with Crippen LogP contribution in [0.15, 0.2) is 140 Å². The number of benzene rings is 5. The van der Waals surface area contributed by atoms with Crippen LogP contribution in [-0.4, -0.2) is 9.97 Å². The minimum Gasteiger partial charge on any atom is -0.264 e. The van der Waals surface area contributed by atoms with Crippen LogP contribution in [-0.2, 0) is 0 Å². The molecule has 2 nitrogen and oxygen atoms in total. The van der Waals surface area contributed by atoms with Crippen molar-refractivity contribution in [3.8, 4) is 44.5 Å². The summed E-state index contributed by atoms with van der Waals surface area (Å²) in [5, 5.41) is 5.03. The van der Waals surface area contributed by atoms with Crippen molar-refractivity contribution in [2.75, 3.05) is 0 Å². The number of rotatable bonds is 4. The molecule has 39 heavy (non-hydrogen) atoms. The molecule has 7 rings (SSSR count). The van der Waals surface area contributed by atoms with Crippen LogP contribution < -0.4 is 0 Å². The van der Waals surface area contributed by atoms with Gasteiger partial charge in [-0.15, -0.1) is 0 Å². The molecule has 0 amide bonds. The number of aryl methyl sites for hydroxylation is 1. The van der Waals surface area contributed by atoms with Gasteiger partial charge in [0, 0.05) is 29.8 Å². The lowest BCUT2D eigenvalue weighted by Gasteiger charge is -2.18. The van der Waals surface area contributed by atoms with E-state index in [-0.39, 0.29) is 0 Å². The van der Waals surface area contributed by atoms with Gasteiger partial charge in [-0.05, 0) is 79.5 Å². The van der Waals surface area contributed by atoms with E-state index in [9.17, 15) is 0 Å². The molecule has 7 aromatic rings. The van der Waals surface area contributed by atoms with Gasteiger partial charge in [0.15, 0.2) is 0 Å². The number of nitrogens with zero attached hydrogens (tertiary/aromatic N) is 2. The first kappa shape index (κ1) is 23.1. The summed E-state index contributed by atoms with van der Waals surface area (Å²) in [5.41, 5.74) is 10.7. The van der Waals surface area contributed by atoms with Gasteiger partial charge in [-0.1, -0.05) is 109 Å². The van der Waals surface area contributed by atoms with E-state index < -0.39 is 0 Å². The van der Waals surface area contributed by atoms with Crippen LogP contribution >= 0.6 is 0 Å². The summed E-state index contributed by atoms with van der Waals surface area (Å²) in [4.78, 5) is 8.76. The molecule has 0 radical (unpaired) electrons. The Morgan fingerprint density at radius 3 is 1.38 bits per heavy atom. The lowest BCUT2D eigenvalue weighted by atomic mass is 9.85. The zero-order valence-corrected chi connectivity index (χ0v) is 21.7. The van der Waals surface area contributed by atoms with Crippen LogP contribution in [0, 0.1) is 6.92 Å². The molecule has 2 heteroatoms. The summed E-state index contributed by atoms with van der Waals surface area (Å²) in [6.45, 7) is 2.06. The molecule has 0 N–H and O–H groups in total. The first-order chi connectivity index (χ1) is 19.3. The summed E-state index contributed by atoms with van der Waals surface area (Å²) >= 11 is 0. The molecule has 0 saturated carbocycles. The Morgan fingerprint density at radius 2 is 0.897 bits per heavy atom. The smallest absolute Gasteiger partial charge is 0.0450 e. The van der Waals surface area contributed by atoms with Gasteiger partial charge in [0.2, 0.25) is 0 Å². The Bertz CT molecular complexity index is 1880. The van der Waals surface area contributed by atoms with E-state index in [4.69, 9.17) is 0 Å². The molecule has 0 bridgehead atoms. The third kappa shape index (κ3) is 4.07. The highest BCUT2D eigenvalue weighted by molar-refractivity contribution is 6.21. The van der Waals surface area contributed by atoms with Gasteiger partial charge in [0.1, 0.15) is 0 Å². The molecular formula is C37H26N2. The van der Waals surface area contributed by atoms with E-state index >= 15 is 0 Å². The van der Waals surface area contributed by atoms with Crippen LogP contribution in [0.5, 0.6) is 0 Å². The van der Waals surface area contributed by atoms with E-state index in [0.29, 0.717) is 0 Å². The maximum absolute atomic E-state index is 4.48. The van der Waals surface area contributed by atoms with Gasteiger partial charge < -0.3 is 0 Å². The minimum absolute atomic E-state index is 1.04. The van der Waals surface area contributed by atoms with Crippen LogP contribution in [0.3, 0.4) is 0 Å². The lowest BCUT2D eigenvalue weighted by Crippen LogP contribution is -1.91. The van der Waals surface area contributed by atoms with Gasteiger partial charge in [-0.3, -0.25) is 9.97 Å². The van der Waals surface area contributed by atoms with Crippen molar-refractivity contribution in [3.05, 3.63) is 146 Å². The summed E-state index contributed by atoms with van der Waals surface area (Å²) < 4.78 is 0. The highest BCUT2D eigenvalue weighted by Crippen LogP contribution is 2.44.